The van der Waals surface area contributed by atoms with E-state index in [1.54, 1.807) is 6.92 Å². The van der Waals surface area contributed by atoms with E-state index in [1.807, 2.05) is 0 Å². The van der Waals surface area contributed by atoms with E-state index in [0.717, 1.165) is 0 Å². The third kappa shape index (κ3) is 16.2. The monoisotopic (exact) mass is 226 g/mol. The van der Waals surface area contributed by atoms with Crippen LogP contribution in [0, 0.1) is 14.4 Å². The first kappa shape index (κ1) is 22.4. The molecule has 0 aliphatic rings. The van der Waals surface area contributed by atoms with Crippen molar-refractivity contribution in [2.24, 2.45) is 0 Å². The van der Waals surface area contributed by atoms with Crippen molar-refractivity contribution in [3.8, 4) is 0 Å². The normalized spacial score (nSPS) is 1.50. The van der Waals surface area contributed by atoms with Crippen LogP contribution in [0.3, 0.4) is 0 Å². The second-order valence-corrected chi connectivity index (χ2v) is 0. The van der Waals surface area contributed by atoms with Crippen molar-refractivity contribution in [2.45, 2.75) is 6.92 Å². The summed E-state index contributed by atoms with van der Waals surface area (Å²) in [5, 5.41) is 0. The van der Waals surface area contributed by atoms with Crippen molar-refractivity contribution in [3.63, 3.8) is 0 Å². The molecule has 0 aliphatic carbocycles. The van der Waals surface area contributed by atoms with Gasteiger partial charge in [-0.3, -0.25) is 0 Å². The molecule has 0 bridgehead atoms. The number of hydrogen-bond acceptors (Lipinski definition) is 0. The minimum absolute atomic E-state index is 0. The molecule has 0 atom stereocenters. The fraction of sp³-hybridized carbons (Fsp3) is 0.333. The predicted octanol–water partition coefficient (Wildman–Crippen LogP) is 1.04. The second kappa shape index (κ2) is 56.3. The number of hydrogen-bond donors (Lipinski definition) is 0. The van der Waals surface area contributed by atoms with Gasteiger partial charge in [-0.2, -0.15) is 6.92 Å². The van der Waals surface area contributed by atoms with Gasteiger partial charge in [0, 0.05) is 0 Å². The molecular weight excluding hydrogens is 220 g/mol. The van der Waals surface area contributed by atoms with E-state index in [1.165, 1.54) is 0 Å². The van der Waals surface area contributed by atoms with Crippen molar-refractivity contribution < 1.29 is 21.1 Å². The quantitative estimate of drug-likeness (QED) is 0.541. The molecule has 0 aliphatic heterocycles. The fourth-order valence-corrected chi connectivity index (χ4v) is 0. The van der Waals surface area contributed by atoms with E-state index in [9.17, 15) is 0 Å². The van der Waals surface area contributed by atoms with Crippen molar-refractivity contribution in [2.75, 3.05) is 0 Å². The van der Waals surface area contributed by atoms with E-state index in [-0.39, 0.29) is 28.5 Å². The summed E-state index contributed by atoms with van der Waals surface area (Å²) in [5.74, 6) is 0. The first-order chi connectivity index (χ1) is 1.00. The van der Waals surface area contributed by atoms with Crippen LogP contribution in [0.15, 0.2) is 0 Å². The van der Waals surface area contributed by atoms with Crippen molar-refractivity contribution in [1.29, 1.82) is 0 Å². The molecule has 0 aromatic carbocycles. The predicted molar refractivity (Wildman–Crippen MR) is 15.3 cm³/mol. The Morgan fingerprint density at radius 2 is 1.25 bits per heavy atom. The van der Waals surface area contributed by atoms with Crippen LogP contribution in [-0.4, -0.2) is 0 Å². The van der Waals surface area contributed by atoms with Crippen LogP contribution in [0.2, 0.25) is 0 Å². The van der Waals surface area contributed by atoms with Gasteiger partial charge in [-0.05, 0) is 0 Å². The Morgan fingerprint density at radius 1 is 1.25 bits per heavy atom. The maximum absolute atomic E-state index is 3.25. The van der Waals surface area contributed by atoms with E-state index >= 15 is 0 Å². The summed E-state index contributed by atoms with van der Waals surface area (Å²) in [6.07, 6.45) is 0. The van der Waals surface area contributed by atoms with Crippen LogP contribution >= 0.6 is 0 Å². The molecule has 0 heterocycles. The Hall–Kier alpha value is 0.688. The Kier molecular flexibility index (Phi) is 315. The first-order valence-corrected chi connectivity index (χ1v) is 0.707. The van der Waals surface area contributed by atoms with E-state index < -0.39 is 0 Å². The van der Waals surface area contributed by atoms with Gasteiger partial charge >= 0.3 is 21.1 Å². The maximum Gasteiger partial charge on any atom is 2.00 e. The van der Waals surface area contributed by atoms with Crippen LogP contribution < -0.4 is 0 Å². The third-order valence-corrected chi connectivity index (χ3v) is 0. The fourth-order valence-electron chi connectivity index (χ4n) is 0. The number of rotatable bonds is 0. The van der Waals surface area contributed by atoms with Crippen LogP contribution in [-0.2, 0) is 21.1 Å². The molecule has 1 heteroatoms. The summed E-state index contributed by atoms with van der Waals surface area (Å²) in [6, 6.07) is 0. The molecule has 0 fully saturated rings. The van der Waals surface area contributed by atoms with Gasteiger partial charge in [0.1, 0.15) is 0 Å². The minimum atomic E-state index is 0. The minimum Gasteiger partial charge on any atom is -0.726 e. The van der Waals surface area contributed by atoms with E-state index in [0.29, 0.717) is 0 Å². The SMILES string of the molecule is [CH-].[CH2-]C.[W+2]. The van der Waals surface area contributed by atoms with Gasteiger partial charge in [-0.25, -0.2) is 0 Å². The van der Waals surface area contributed by atoms with E-state index in [4.69, 9.17) is 0 Å². The van der Waals surface area contributed by atoms with Crippen molar-refractivity contribution >= 4 is 0 Å². The standard InChI is InChI=1S/C2H5.CH.W/c1-2;;/h1H2,2H3;1H;/q2*-1;+2. The molecule has 0 nitrogen and oxygen atoms in total. The largest absolute Gasteiger partial charge is 2.00 e. The molecule has 0 unspecified atom stereocenters. The molecule has 0 saturated carbocycles. The molecule has 0 aromatic heterocycles. The maximum atomic E-state index is 3.25. The molecule has 0 rings (SSSR count). The van der Waals surface area contributed by atoms with Gasteiger partial charge in [-0.1, -0.05) is 0 Å². The summed E-state index contributed by atoms with van der Waals surface area (Å²) in [5.41, 5.74) is 0. The van der Waals surface area contributed by atoms with Crippen molar-refractivity contribution in [3.05, 3.63) is 14.4 Å². The van der Waals surface area contributed by atoms with Gasteiger partial charge < -0.3 is 14.4 Å². The molecule has 0 N–H and O–H groups in total. The molecule has 0 aromatic rings. The van der Waals surface area contributed by atoms with Crippen LogP contribution in [0.1, 0.15) is 6.92 Å². The second-order valence-electron chi connectivity index (χ2n) is 0. The molecule has 2 radical (unpaired) electrons. The van der Waals surface area contributed by atoms with Gasteiger partial charge in [0.25, 0.3) is 0 Å². The van der Waals surface area contributed by atoms with Crippen molar-refractivity contribution in [1.82, 2.24) is 0 Å². The Bertz CT molecular complexity index is 3.25. The summed E-state index contributed by atoms with van der Waals surface area (Å²) in [4.78, 5) is 0. The van der Waals surface area contributed by atoms with Gasteiger partial charge in [0.15, 0.2) is 0 Å². The summed E-state index contributed by atoms with van der Waals surface area (Å²) in [6.45, 7) is 5.00. The Morgan fingerprint density at radius 3 is 1.25 bits per heavy atom. The third-order valence-electron chi connectivity index (χ3n) is 0. The van der Waals surface area contributed by atoms with Crippen LogP contribution in [0.4, 0.5) is 0 Å². The topological polar surface area (TPSA) is 0 Å². The van der Waals surface area contributed by atoms with Crippen LogP contribution in [0.25, 0.3) is 0 Å². The average Bonchev–Trinajstić information content (AvgIpc) is 1.00. The molecule has 24 valence electrons. The van der Waals surface area contributed by atoms with Gasteiger partial charge in [0.05, 0.1) is 0 Å². The zero-order valence-electron chi connectivity index (χ0n) is 2.69. The molecular formula is C3H6W. The Balaban J connectivity index is -0.00000000500. The first-order valence-electron chi connectivity index (χ1n) is 0.707. The van der Waals surface area contributed by atoms with Gasteiger partial charge in [0.2, 0.25) is 0 Å². The summed E-state index contributed by atoms with van der Waals surface area (Å²) in [7, 11) is 0. The van der Waals surface area contributed by atoms with Gasteiger partial charge in [-0.15, -0.1) is 0 Å². The average molecular weight is 226 g/mol. The zero-order chi connectivity index (χ0) is 2.00. The molecule has 4 heavy (non-hydrogen) atoms. The van der Waals surface area contributed by atoms with E-state index in [2.05, 4.69) is 6.92 Å². The molecule has 0 spiro atoms. The smallest absolute Gasteiger partial charge is 0.726 e. The van der Waals surface area contributed by atoms with Crippen LogP contribution in [0.5, 0.6) is 0 Å². The molecule has 0 amide bonds. The molecule has 0 saturated heterocycles. The Labute approximate surface area is 42.9 Å². The summed E-state index contributed by atoms with van der Waals surface area (Å²) < 4.78 is 0. The summed E-state index contributed by atoms with van der Waals surface area (Å²) >= 11 is 0. The zero-order valence-corrected chi connectivity index (χ0v) is 5.63.